The molecule has 0 unspecified atom stereocenters. The number of aliphatic imine (C=N–C) groups is 1. The molecule has 0 spiro atoms. The zero-order valence-electron chi connectivity index (χ0n) is 7.83. The second kappa shape index (κ2) is 4.27. The van der Waals surface area contributed by atoms with Crippen molar-refractivity contribution in [2.45, 2.75) is 0 Å². The molecule has 0 saturated heterocycles. The van der Waals surface area contributed by atoms with Crippen LogP contribution in [0.5, 0.6) is 0 Å². The Morgan fingerprint density at radius 1 is 1.60 bits per heavy atom. The topological polar surface area (TPSA) is 66.4 Å². The van der Waals surface area contributed by atoms with Crippen LogP contribution in [0, 0.1) is 0 Å². The third-order valence-corrected chi connectivity index (χ3v) is 2.20. The number of rotatable bonds is 2. The van der Waals surface area contributed by atoms with E-state index in [1.54, 1.807) is 18.3 Å². The van der Waals surface area contributed by atoms with Crippen molar-refractivity contribution >= 4 is 29.0 Å². The number of amidine groups is 1. The average molecular weight is 225 g/mol. The summed E-state index contributed by atoms with van der Waals surface area (Å²) in [6, 6.07) is 3.38. The highest BCUT2D eigenvalue weighted by Gasteiger charge is 2.15. The highest BCUT2D eigenvalue weighted by molar-refractivity contribution is 6.43. The van der Waals surface area contributed by atoms with Crippen molar-refractivity contribution in [3.63, 3.8) is 0 Å². The largest absolute Gasteiger partial charge is 0.364 e. The predicted molar refractivity (Wildman–Crippen MR) is 58.2 cm³/mol. The summed E-state index contributed by atoms with van der Waals surface area (Å²) >= 11 is 5.79. The number of hydrogen-bond donors (Lipinski definition) is 2. The first-order chi connectivity index (χ1) is 7.27. The third kappa shape index (κ3) is 2.24. The number of pyridine rings is 1. The third-order valence-electron chi connectivity index (χ3n) is 1.90. The van der Waals surface area contributed by atoms with Crippen LogP contribution in [0.15, 0.2) is 23.3 Å². The van der Waals surface area contributed by atoms with Gasteiger partial charge in [-0.3, -0.25) is 9.79 Å². The van der Waals surface area contributed by atoms with Gasteiger partial charge in [0.1, 0.15) is 0 Å². The predicted octanol–water partition coefficient (Wildman–Crippen LogP) is 0.675. The first kappa shape index (κ1) is 9.92. The number of nitrogens with zero attached hydrogens (tertiary/aromatic N) is 2. The maximum absolute atomic E-state index is 11.6. The molecule has 0 bridgehead atoms. The van der Waals surface area contributed by atoms with Crippen molar-refractivity contribution in [2.75, 3.05) is 18.4 Å². The van der Waals surface area contributed by atoms with Crippen molar-refractivity contribution in [2.24, 2.45) is 4.99 Å². The quantitative estimate of drug-likeness (QED) is 0.726. The molecule has 78 valence electrons. The van der Waals surface area contributed by atoms with Crippen molar-refractivity contribution in [3.05, 3.63) is 23.5 Å². The molecule has 0 radical (unpaired) electrons. The second-order valence-electron chi connectivity index (χ2n) is 2.95. The SMILES string of the molecule is O=C(Nc1cccnc1Cl)C1=NCCN1. The molecule has 2 N–H and O–H groups in total. The average Bonchev–Trinajstić information content (AvgIpc) is 2.74. The van der Waals surface area contributed by atoms with Crippen LogP contribution in [0.3, 0.4) is 0 Å². The molecule has 1 aliphatic rings. The summed E-state index contributed by atoms with van der Waals surface area (Å²) in [5, 5.41) is 5.76. The minimum atomic E-state index is -0.289. The number of anilines is 1. The van der Waals surface area contributed by atoms with Crippen LogP contribution in [0.4, 0.5) is 5.69 Å². The summed E-state index contributed by atoms with van der Waals surface area (Å²) in [6.45, 7) is 1.33. The van der Waals surface area contributed by atoms with E-state index in [0.717, 1.165) is 0 Å². The Morgan fingerprint density at radius 2 is 2.47 bits per heavy atom. The summed E-state index contributed by atoms with van der Waals surface area (Å²) in [5.74, 6) is 0.0531. The van der Waals surface area contributed by atoms with E-state index in [0.29, 0.717) is 24.6 Å². The van der Waals surface area contributed by atoms with Gasteiger partial charge in [-0.05, 0) is 12.1 Å². The Balaban J connectivity index is 2.09. The Hall–Kier alpha value is -1.62. The van der Waals surface area contributed by atoms with Gasteiger partial charge in [-0.1, -0.05) is 11.6 Å². The molecule has 15 heavy (non-hydrogen) atoms. The van der Waals surface area contributed by atoms with Gasteiger partial charge in [0.05, 0.1) is 12.2 Å². The molecule has 5 nitrogen and oxygen atoms in total. The van der Waals surface area contributed by atoms with E-state index < -0.39 is 0 Å². The number of amides is 1. The van der Waals surface area contributed by atoms with Crippen molar-refractivity contribution in [3.8, 4) is 0 Å². The van der Waals surface area contributed by atoms with Gasteiger partial charge in [-0.25, -0.2) is 4.98 Å². The van der Waals surface area contributed by atoms with E-state index in [2.05, 4.69) is 20.6 Å². The summed E-state index contributed by atoms with van der Waals surface area (Å²) in [7, 11) is 0. The van der Waals surface area contributed by atoms with Crippen LogP contribution in [-0.2, 0) is 4.79 Å². The summed E-state index contributed by atoms with van der Waals surface area (Å²) in [5.41, 5.74) is 0.487. The lowest BCUT2D eigenvalue weighted by Gasteiger charge is -2.05. The Bertz CT molecular complexity index is 418. The zero-order valence-corrected chi connectivity index (χ0v) is 8.58. The maximum Gasteiger partial charge on any atom is 0.290 e. The molecule has 1 aliphatic heterocycles. The Labute approximate surface area is 91.6 Å². The van der Waals surface area contributed by atoms with Crippen LogP contribution in [-0.4, -0.2) is 29.8 Å². The van der Waals surface area contributed by atoms with Gasteiger partial charge in [0.25, 0.3) is 5.91 Å². The van der Waals surface area contributed by atoms with E-state index in [1.807, 2.05) is 0 Å². The molecule has 2 heterocycles. The summed E-state index contributed by atoms with van der Waals surface area (Å²) < 4.78 is 0. The fraction of sp³-hybridized carbons (Fsp3) is 0.222. The number of halogens is 1. The number of hydrogen-bond acceptors (Lipinski definition) is 4. The van der Waals surface area contributed by atoms with Gasteiger partial charge in [0, 0.05) is 12.7 Å². The highest BCUT2D eigenvalue weighted by Crippen LogP contribution is 2.17. The Morgan fingerprint density at radius 3 is 3.13 bits per heavy atom. The van der Waals surface area contributed by atoms with Gasteiger partial charge in [-0.2, -0.15) is 0 Å². The summed E-state index contributed by atoms with van der Waals surface area (Å²) in [4.78, 5) is 19.4. The minimum absolute atomic E-state index is 0.268. The van der Waals surface area contributed by atoms with Gasteiger partial charge < -0.3 is 10.6 Å². The molecule has 1 aromatic heterocycles. The zero-order chi connectivity index (χ0) is 10.7. The molecule has 0 aliphatic carbocycles. The normalized spacial score (nSPS) is 14.3. The van der Waals surface area contributed by atoms with Crippen LogP contribution < -0.4 is 10.6 Å². The lowest BCUT2D eigenvalue weighted by atomic mass is 10.4. The number of carbonyl (C=O) groups excluding carboxylic acids is 1. The van der Waals surface area contributed by atoms with Crippen LogP contribution >= 0.6 is 11.6 Å². The van der Waals surface area contributed by atoms with E-state index in [4.69, 9.17) is 11.6 Å². The number of nitrogens with one attached hydrogen (secondary N) is 2. The maximum atomic E-state index is 11.6. The van der Waals surface area contributed by atoms with Gasteiger partial charge in [0.2, 0.25) is 0 Å². The van der Waals surface area contributed by atoms with E-state index in [1.165, 1.54) is 0 Å². The molecule has 0 saturated carbocycles. The van der Waals surface area contributed by atoms with Crippen LogP contribution in [0.2, 0.25) is 5.15 Å². The molecule has 0 fully saturated rings. The standard InChI is InChI=1S/C9H9ClN4O/c10-7-6(2-1-3-11-7)14-9(15)8-12-4-5-13-8/h1-3H,4-5H2,(H,12,13)(H,14,15). The van der Waals surface area contributed by atoms with Gasteiger partial charge in [0.15, 0.2) is 11.0 Å². The van der Waals surface area contributed by atoms with Crippen LogP contribution in [0.1, 0.15) is 0 Å². The molecule has 1 aromatic rings. The monoisotopic (exact) mass is 224 g/mol. The molecule has 1 amide bonds. The van der Waals surface area contributed by atoms with E-state index >= 15 is 0 Å². The fourth-order valence-corrected chi connectivity index (χ4v) is 1.38. The lowest BCUT2D eigenvalue weighted by molar-refractivity contribution is -0.110. The smallest absolute Gasteiger partial charge is 0.290 e. The molecule has 0 aromatic carbocycles. The molecule has 6 heteroatoms. The molecular weight excluding hydrogens is 216 g/mol. The van der Waals surface area contributed by atoms with Gasteiger partial charge >= 0.3 is 0 Å². The first-order valence-electron chi connectivity index (χ1n) is 4.47. The van der Waals surface area contributed by atoms with Crippen molar-refractivity contribution < 1.29 is 4.79 Å². The molecular formula is C9H9ClN4O. The van der Waals surface area contributed by atoms with Crippen molar-refractivity contribution in [1.82, 2.24) is 10.3 Å². The molecule has 0 atom stereocenters. The lowest BCUT2D eigenvalue weighted by Crippen LogP contribution is -2.32. The Kier molecular flexibility index (Phi) is 2.82. The minimum Gasteiger partial charge on any atom is -0.364 e. The number of carbonyl (C=O) groups is 1. The fourth-order valence-electron chi connectivity index (χ4n) is 1.21. The van der Waals surface area contributed by atoms with Crippen molar-refractivity contribution in [1.29, 1.82) is 0 Å². The highest BCUT2D eigenvalue weighted by atomic mass is 35.5. The van der Waals surface area contributed by atoms with E-state index in [-0.39, 0.29) is 11.1 Å². The second-order valence-corrected chi connectivity index (χ2v) is 3.31. The number of aromatic nitrogens is 1. The van der Waals surface area contributed by atoms with Crippen LogP contribution in [0.25, 0.3) is 0 Å². The molecule has 2 rings (SSSR count). The summed E-state index contributed by atoms with van der Waals surface area (Å²) in [6.07, 6.45) is 1.56. The van der Waals surface area contributed by atoms with Gasteiger partial charge in [-0.15, -0.1) is 0 Å². The van der Waals surface area contributed by atoms with E-state index in [9.17, 15) is 4.79 Å². The first-order valence-corrected chi connectivity index (χ1v) is 4.85.